The summed E-state index contributed by atoms with van der Waals surface area (Å²) in [6, 6.07) is 3.85. The van der Waals surface area contributed by atoms with Gasteiger partial charge in [-0.1, -0.05) is 15.9 Å². The SMILES string of the molecule is CCOc1c(OC)ccc(Br)c1CNCCNCCO. The smallest absolute Gasteiger partial charge is 0.166 e. The van der Waals surface area contributed by atoms with E-state index in [0.717, 1.165) is 34.6 Å². The third kappa shape index (κ3) is 5.28. The molecular weight excluding hydrogens is 324 g/mol. The van der Waals surface area contributed by atoms with Crippen LogP contribution in [0.1, 0.15) is 12.5 Å². The minimum atomic E-state index is 0.163. The summed E-state index contributed by atoms with van der Waals surface area (Å²) in [6.07, 6.45) is 0. The molecule has 0 aromatic heterocycles. The number of hydrogen-bond acceptors (Lipinski definition) is 5. The van der Waals surface area contributed by atoms with Crippen molar-refractivity contribution in [3.8, 4) is 11.5 Å². The maximum atomic E-state index is 8.67. The van der Waals surface area contributed by atoms with Crippen molar-refractivity contribution in [3.63, 3.8) is 0 Å². The van der Waals surface area contributed by atoms with Crippen molar-refractivity contribution in [2.24, 2.45) is 0 Å². The molecule has 1 aromatic carbocycles. The van der Waals surface area contributed by atoms with E-state index < -0.39 is 0 Å². The lowest BCUT2D eigenvalue weighted by Crippen LogP contribution is -2.29. The van der Waals surface area contributed by atoms with Gasteiger partial charge in [0.15, 0.2) is 11.5 Å². The quantitative estimate of drug-likeness (QED) is 0.561. The van der Waals surface area contributed by atoms with Crippen LogP contribution in [-0.2, 0) is 6.54 Å². The molecule has 0 heterocycles. The Hall–Kier alpha value is -0.820. The Labute approximate surface area is 128 Å². The summed E-state index contributed by atoms with van der Waals surface area (Å²) in [7, 11) is 1.64. The summed E-state index contributed by atoms with van der Waals surface area (Å²) < 4.78 is 12.0. The number of aliphatic hydroxyl groups is 1. The highest BCUT2D eigenvalue weighted by Crippen LogP contribution is 2.36. The van der Waals surface area contributed by atoms with Crippen molar-refractivity contribution < 1.29 is 14.6 Å². The van der Waals surface area contributed by atoms with Gasteiger partial charge in [-0.25, -0.2) is 0 Å². The van der Waals surface area contributed by atoms with Crippen LogP contribution in [0, 0.1) is 0 Å². The molecule has 1 rings (SSSR count). The highest BCUT2D eigenvalue weighted by molar-refractivity contribution is 9.10. The van der Waals surface area contributed by atoms with Gasteiger partial charge >= 0.3 is 0 Å². The highest BCUT2D eigenvalue weighted by atomic mass is 79.9. The first-order chi connectivity index (χ1) is 9.74. The van der Waals surface area contributed by atoms with Crippen LogP contribution in [0.4, 0.5) is 0 Å². The molecule has 0 aliphatic rings. The van der Waals surface area contributed by atoms with E-state index in [-0.39, 0.29) is 6.61 Å². The first kappa shape index (κ1) is 17.2. The predicted molar refractivity (Wildman–Crippen MR) is 83.5 cm³/mol. The van der Waals surface area contributed by atoms with E-state index in [1.54, 1.807) is 7.11 Å². The second kappa shape index (κ2) is 9.99. The monoisotopic (exact) mass is 346 g/mol. The average Bonchev–Trinajstić information content (AvgIpc) is 2.45. The molecule has 0 aliphatic carbocycles. The van der Waals surface area contributed by atoms with Crippen LogP contribution in [0.3, 0.4) is 0 Å². The van der Waals surface area contributed by atoms with Crippen molar-refractivity contribution in [1.29, 1.82) is 0 Å². The zero-order valence-corrected chi connectivity index (χ0v) is 13.6. The summed E-state index contributed by atoms with van der Waals surface area (Å²) in [5.41, 5.74) is 1.05. The molecule has 5 nitrogen and oxygen atoms in total. The minimum absolute atomic E-state index is 0.163. The number of ether oxygens (including phenoxy) is 2. The van der Waals surface area contributed by atoms with Gasteiger partial charge < -0.3 is 25.2 Å². The van der Waals surface area contributed by atoms with Crippen LogP contribution < -0.4 is 20.1 Å². The number of halogens is 1. The minimum Gasteiger partial charge on any atom is -0.493 e. The van der Waals surface area contributed by atoms with Crippen molar-refractivity contribution in [2.75, 3.05) is 40.0 Å². The van der Waals surface area contributed by atoms with E-state index in [4.69, 9.17) is 14.6 Å². The molecular formula is C14H23BrN2O3. The number of methoxy groups -OCH3 is 1. The summed E-state index contributed by atoms with van der Waals surface area (Å²) in [6.45, 7) is 5.65. The van der Waals surface area contributed by atoms with Crippen LogP contribution in [-0.4, -0.2) is 45.1 Å². The summed E-state index contributed by atoms with van der Waals surface area (Å²) in [5, 5.41) is 15.1. The molecule has 0 atom stereocenters. The Kier molecular flexibility index (Phi) is 8.60. The van der Waals surface area contributed by atoms with Crippen molar-refractivity contribution in [2.45, 2.75) is 13.5 Å². The van der Waals surface area contributed by atoms with Gasteiger partial charge in [0.2, 0.25) is 0 Å². The third-order valence-electron chi connectivity index (χ3n) is 2.74. The van der Waals surface area contributed by atoms with Crippen molar-refractivity contribution in [3.05, 3.63) is 22.2 Å². The van der Waals surface area contributed by atoms with Gasteiger partial charge in [0, 0.05) is 36.2 Å². The van der Waals surface area contributed by atoms with E-state index in [2.05, 4.69) is 26.6 Å². The molecule has 0 unspecified atom stereocenters. The van der Waals surface area contributed by atoms with E-state index >= 15 is 0 Å². The predicted octanol–water partition coefficient (Wildman–Crippen LogP) is 1.53. The largest absolute Gasteiger partial charge is 0.493 e. The number of nitrogens with one attached hydrogen (secondary N) is 2. The molecule has 0 radical (unpaired) electrons. The van der Waals surface area contributed by atoms with Gasteiger partial charge in [-0.3, -0.25) is 0 Å². The number of hydrogen-bond donors (Lipinski definition) is 3. The normalized spacial score (nSPS) is 10.6. The Morgan fingerprint density at radius 2 is 1.95 bits per heavy atom. The van der Waals surface area contributed by atoms with Crippen LogP contribution in [0.15, 0.2) is 16.6 Å². The molecule has 0 saturated heterocycles. The van der Waals surface area contributed by atoms with Gasteiger partial charge in [0.05, 0.1) is 20.3 Å². The zero-order valence-electron chi connectivity index (χ0n) is 12.0. The van der Waals surface area contributed by atoms with Gasteiger partial charge in [0.25, 0.3) is 0 Å². The molecule has 0 amide bonds. The molecule has 0 spiro atoms. The number of benzene rings is 1. The van der Waals surface area contributed by atoms with Gasteiger partial charge in [-0.15, -0.1) is 0 Å². The van der Waals surface area contributed by atoms with Crippen molar-refractivity contribution >= 4 is 15.9 Å². The molecule has 0 fully saturated rings. The Morgan fingerprint density at radius 1 is 1.20 bits per heavy atom. The fourth-order valence-corrected chi connectivity index (χ4v) is 2.26. The maximum Gasteiger partial charge on any atom is 0.166 e. The summed E-state index contributed by atoms with van der Waals surface area (Å²) in [5.74, 6) is 1.52. The Morgan fingerprint density at radius 3 is 2.60 bits per heavy atom. The highest BCUT2D eigenvalue weighted by Gasteiger charge is 2.13. The van der Waals surface area contributed by atoms with Crippen molar-refractivity contribution in [1.82, 2.24) is 10.6 Å². The second-order valence-electron chi connectivity index (χ2n) is 4.14. The first-order valence-corrected chi connectivity index (χ1v) is 7.54. The lowest BCUT2D eigenvalue weighted by Gasteiger charge is -2.16. The number of rotatable bonds is 10. The summed E-state index contributed by atoms with van der Waals surface area (Å²) in [4.78, 5) is 0. The van der Waals surface area contributed by atoms with Gasteiger partial charge in [-0.2, -0.15) is 0 Å². The van der Waals surface area contributed by atoms with E-state index in [9.17, 15) is 0 Å². The van der Waals surface area contributed by atoms with Crippen LogP contribution in [0.5, 0.6) is 11.5 Å². The average molecular weight is 347 g/mol. The lowest BCUT2D eigenvalue weighted by molar-refractivity contribution is 0.292. The van der Waals surface area contributed by atoms with Gasteiger partial charge in [0.1, 0.15) is 0 Å². The lowest BCUT2D eigenvalue weighted by atomic mass is 10.2. The van der Waals surface area contributed by atoms with Crippen LogP contribution >= 0.6 is 15.9 Å². The van der Waals surface area contributed by atoms with E-state index in [1.165, 1.54) is 0 Å². The standard InChI is InChI=1S/C14H23BrN2O3/c1-3-20-14-11(10-17-7-6-16-8-9-18)12(15)4-5-13(14)19-2/h4-5,16-18H,3,6-10H2,1-2H3. The van der Waals surface area contributed by atoms with Crippen LogP contribution in [0.2, 0.25) is 0 Å². The van der Waals surface area contributed by atoms with E-state index in [0.29, 0.717) is 19.7 Å². The Bertz CT molecular complexity index is 402. The second-order valence-corrected chi connectivity index (χ2v) is 5.00. The molecule has 3 N–H and O–H groups in total. The Balaban J connectivity index is 2.62. The molecule has 0 bridgehead atoms. The fraction of sp³-hybridized carbons (Fsp3) is 0.571. The topological polar surface area (TPSA) is 62.8 Å². The number of aliphatic hydroxyl groups excluding tert-OH is 1. The molecule has 0 saturated carbocycles. The van der Waals surface area contributed by atoms with Gasteiger partial charge in [-0.05, 0) is 19.1 Å². The maximum absolute atomic E-state index is 8.67. The zero-order chi connectivity index (χ0) is 14.8. The molecule has 0 aliphatic heterocycles. The molecule has 1 aromatic rings. The summed E-state index contributed by atoms with van der Waals surface area (Å²) >= 11 is 3.55. The first-order valence-electron chi connectivity index (χ1n) is 6.75. The van der Waals surface area contributed by atoms with Crippen LogP contribution in [0.25, 0.3) is 0 Å². The molecule has 6 heteroatoms. The molecule has 20 heavy (non-hydrogen) atoms. The van der Waals surface area contributed by atoms with E-state index in [1.807, 2.05) is 19.1 Å². The fourth-order valence-electron chi connectivity index (χ4n) is 1.80. The molecule has 114 valence electrons. The third-order valence-corrected chi connectivity index (χ3v) is 3.49.